The highest BCUT2D eigenvalue weighted by Crippen LogP contribution is 2.29. The van der Waals surface area contributed by atoms with Gasteiger partial charge in [0.1, 0.15) is 11.3 Å². The Morgan fingerprint density at radius 3 is 2.39 bits per heavy atom. The van der Waals surface area contributed by atoms with Gasteiger partial charge in [-0.25, -0.2) is 0 Å². The first kappa shape index (κ1) is 12.9. The number of fused-ring (bicyclic) bond motifs is 1. The quantitative estimate of drug-likeness (QED) is 0.724. The predicted molar refractivity (Wildman–Crippen MR) is 74.1 cm³/mol. The Kier molecular flexibility index (Phi) is 3.05. The van der Waals surface area contributed by atoms with Crippen molar-refractivity contribution in [1.82, 2.24) is 0 Å². The monoisotopic (exact) mass is 244 g/mol. The Balaban J connectivity index is 2.49. The zero-order chi connectivity index (χ0) is 13.5. The maximum atomic E-state index is 12.0. The smallest absolute Gasteiger partial charge is 0.165 e. The van der Waals surface area contributed by atoms with E-state index < -0.39 is 0 Å². The van der Waals surface area contributed by atoms with Gasteiger partial charge in [0.25, 0.3) is 0 Å². The van der Waals surface area contributed by atoms with Gasteiger partial charge in [-0.3, -0.25) is 4.79 Å². The van der Waals surface area contributed by atoms with E-state index in [2.05, 4.69) is 20.8 Å². The second-order valence-corrected chi connectivity index (χ2v) is 6.13. The van der Waals surface area contributed by atoms with Crippen LogP contribution in [0.15, 0.2) is 28.7 Å². The number of furan rings is 1. The molecule has 2 aromatic rings. The molecule has 0 bridgehead atoms. The van der Waals surface area contributed by atoms with E-state index in [1.807, 2.05) is 38.1 Å². The topological polar surface area (TPSA) is 30.2 Å². The molecule has 2 heteroatoms. The lowest BCUT2D eigenvalue weighted by atomic mass is 9.93. The number of hydrogen-bond acceptors (Lipinski definition) is 2. The summed E-state index contributed by atoms with van der Waals surface area (Å²) in [5.74, 6) is 1.15. The van der Waals surface area contributed by atoms with Crippen molar-refractivity contribution in [2.75, 3.05) is 0 Å². The predicted octanol–water partition coefficient (Wildman–Crippen LogP) is 4.57. The van der Waals surface area contributed by atoms with Crippen molar-refractivity contribution in [2.45, 2.75) is 40.0 Å². The summed E-state index contributed by atoms with van der Waals surface area (Å²) in [5.41, 5.74) is 1.60. The number of rotatable bonds is 2. The number of hydrogen-bond donors (Lipinski definition) is 0. The average Bonchev–Trinajstić information content (AvgIpc) is 2.69. The summed E-state index contributed by atoms with van der Waals surface area (Å²) in [5, 5.41) is 1.01. The van der Waals surface area contributed by atoms with Crippen LogP contribution in [0.25, 0.3) is 11.0 Å². The van der Waals surface area contributed by atoms with Gasteiger partial charge in [0.05, 0.1) is 0 Å². The summed E-state index contributed by atoms with van der Waals surface area (Å²) < 4.78 is 5.82. The van der Waals surface area contributed by atoms with Crippen molar-refractivity contribution < 1.29 is 9.21 Å². The number of ketones is 1. The Bertz CT molecular complexity index is 583. The molecule has 0 N–H and O–H groups in total. The van der Waals surface area contributed by atoms with Crippen molar-refractivity contribution >= 4 is 16.8 Å². The minimum absolute atomic E-state index is 0.0127. The lowest BCUT2D eigenvalue weighted by molar-refractivity contribution is 0.0939. The SMILES string of the molecule is CC(C)C(=O)c1ccc2oc(C(C)(C)C)cc2c1. The standard InChI is InChI=1S/C16H20O2/c1-10(2)15(17)11-6-7-13-12(8-11)9-14(18-13)16(3,4)5/h6-10H,1-5H3. The van der Waals surface area contributed by atoms with Crippen LogP contribution < -0.4 is 0 Å². The van der Waals surface area contributed by atoms with Crippen molar-refractivity contribution in [3.05, 3.63) is 35.6 Å². The van der Waals surface area contributed by atoms with Crippen LogP contribution in [-0.2, 0) is 5.41 Å². The van der Waals surface area contributed by atoms with Gasteiger partial charge in [-0.1, -0.05) is 34.6 Å². The summed E-state index contributed by atoms with van der Waals surface area (Å²) in [6.07, 6.45) is 0. The molecule has 0 aliphatic rings. The lowest BCUT2D eigenvalue weighted by Crippen LogP contribution is -2.08. The summed E-state index contributed by atoms with van der Waals surface area (Å²) >= 11 is 0. The molecule has 0 aliphatic carbocycles. The third-order valence-corrected chi connectivity index (χ3v) is 3.06. The van der Waals surface area contributed by atoms with Crippen LogP contribution in [0.1, 0.15) is 50.7 Å². The molecule has 0 amide bonds. The summed E-state index contributed by atoms with van der Waals surface area (Å²) in [6, 6.07) is 7.70. The number of benzene rings is 1. The summed E-state index contributed by atoms with van der Waals surface area (Å²) in [6.45, 7) is 10.2. The molecule has 1 heterocycles. The molecule has 0 saturated carbocycles. The minimum Gasteiger partial charge on any atom is -0.461 e. The number of Topliss-reactive ketones (excluding diaryl/α,β-unsaturated/α-hetero) is 1. The van der Waals surface area contributed by atoms with Crippen LogP contribution in [0.5, 0.6) is 0 Å². The number of carbonyl (C=O) groups is 1. The zero-order valence-electron chi connectivity index (χ0n) is 11.7. The maximum absolute atomic E-state index is 12.0. The molecule has 0 unspecified atom stereocenters. The van der Waals surface area contributed by atoms with Gasteiger partial charge in [-0.15, -0.1) is 0 Å². The third kappa shape index (κ3) is 2.33. The largest absolute Gasteiger partial charge is 0.461 e. The van der Waals surface area contributed by atoms with Gasteiger partial charge in [-0.2, -0.15) is 0 Å². The molecule has 96 valence electrons. The van der Waals surface area contributed by atoms with E-state index in [0.717, 1.165) is 22.3 Å². The zero-order valence-corrected chi connectivity index (χ0v) is 11.7. The van der Waals surface area contributed by atoms with Crippen LogP contribution in [0.3, 0.4) is 0 Å². The van der Waals surface area contributed by atoms with Crippen molar-refractivity contribution in [3.63, 3.8) is 0 Å². The minimum atomic E-state index is -0.0127. The fraction of sp³-hybridized carbons (Fsp3) is 0.438. The molecule has 1 aromatic carbocycles. The van der Waals surface area contributed by atoms with Crippen molar-refractivity contribution in [1.29, 1.82) is 0 Å². The van der Waals surface area contributed by atoms with E-state index in [1.54, 1.807) is 0 Å². The molecule has 1 aromatic heterocycles. The Labute approximate surface area is 108 Å². The molecule has 2 nitrogen and oxygen atoms in total. The van der Waals surface area contributed by atoms with E-state index in [4.69, 9.17) is 4.42 Å². The van der Waals surface area contributed by atoms with E-state index in [0.29, 0.717) is 0 Å². The lowest BCUT2D eigenvalue weighted by Gasteiger charge is -2.13. The van der Waals surface area contributed by atoms with Crippen molar-refractivity contribution in [3.8, 4) is 0 Å². The van der Waals surface area contributed by atoms with E-state index in [9.17, 15) is 4.79 Å². The van der Waals surface area contributed by atoms with Gasteiger partial charge in [0.15, 0.2) is 5.78 Å². The second kappa shape index (κ2) is 4.27. The first-order chi connectivity index (χ1) is 8.29. The van der Waals surface area contributed by atoms with Crippen LogP contribution in [0, 0.1) is 5.92 Å². The van der Waals surface area contributed by atoms with Gasteiger partial charge in [-0.05, 0) is 24.3 Å². The number of carbonyl (C=O) groups excluding carboxylic acids is 1. The van der Waals surface area contributed by atoms with Gasteiger partial charge < -0.3 is 4.42 Å². The summed E-state index contributed by atoms with van der Waals surface area (Å²) in [4.78, 5) is 12.0. The normalized spacial score (nSPS) is 12.3. The Morgan fingerprint density at radius 2 is 1.83 bits per heavy atom. The molecule has 0 radical (unpaired) electrons. The molecule has 2 rings (SSSR count). The van der Waals surface area contributed by atoms with E-state index >= 15 is 0 Å². The fourth-order valence-corrected chi connectivity index (χ4v) is 1.90. The van der Waals surface area contributed by atoms with Crippen LogP contribution >= 0.6 is 0 Å². The summed E-state index contributed by atoms with van der Waals surface area (Å²) in [7, 11) is 0. The molecular weight excluding hydrogens is 224 g/mol. The highest BCUT2D eigenvalue weighted by molar-refractivity contribution is 6.00. The molecule has 0 fully saturated rings. The van der Waals surface area contributed by atoms with Gasteiger partial charge >= 0.3 is 0 Å². The maximum Gasteiger partial charge on any atom is 0.165 e. The fourth-order valence-electron chi connectivity index (χ4n) is 1.90. The van der Waals surface area contributed by atoms with Crippen LogP contribution in [0.4, 0.5) is 0 Å². The third-order valence-electron chi connectivity index (χ3n) is 3.06. The average molecular weight is 244 g/mol. The Hall–Kier alpha value is -1.57. The molecule has 0 atom stereocenters. The highest BCUT2D eigenvalue weighted by atomic mass is 16.3. The highest BCUT2D eigenvalue weighted by Gasteiger charge is 2.19. The molecule has 18 heavy (non-hydrogen) atoms. The van der Waals surface area contributed by atoms with Crippen LogP contribution in [0.2, 0.25) is 0 Å². The van der Waals surface area contributed by atoms with E-state index in [1.165, 1.54) is 0 Å². The van der Waals surface area contributed by atoms with Crippen molar-refractivity contribution in [2.24, 2.45) is 5.92 Å². The van der Waals surface area contributed by atoms with Gasteiger partial charge in [0.2, 0.25) is 0 Å². The second-order valence-electron chi connectivity index (χ2n) is 6.13. The molecule has 0 aliphatic heterocycles. The molecule has 0 spiro atoms. The first-order valence-corrected chi connectivity index (χ1v) is 6.37. The van der Waals surface area contributed by atoms with Gasteiger partial charge in [0, 0.05) is 22.3 Å². The van der Waals surface area contributed by atoms with Crippen LogP contribution in [-0.4, -0.2) is 5.78 Å². The Morgan fingerprint density at radius 1 is 1.17 bits per heavy atom. The molecular formula is C16H20O2. The first-order valence-electron chi connectivity index (χ1n) is 6.37. The molecule has 0 saturated heterocycles. The van der Waals surface area contributed by atoms with E-state index in [-0.39, 0.29) is 17.1 Å².